The summed E-state index contributed by atoms with van der Waals surface area (Å²) < 4.78 is 28.5. The van der Waals surface area contributed by atoms with E-state index in [1.54, 1.807) is 14.2 Å². The standard InChI is InChI=1S/C35H44N2O8/c1-41-20-7-13-34(38)36-31-11-5-3-9-27(31)25-45-33-23-37(35(39)40)19-18-30(33)26-14-16-29(17-15-26)44-22-8-21-43-24-28-10-4-6-12-32(28)42-2/h3-6,9-12,14-17,30,33H,7-8,13,18-25H2,1-2H3,(H,36,38)(H,39,40). The smallest absolute Gasteiger partial charge is 0.407 e. The molecule has 0 bridgehead atoms. The minimum Gasteiger partial charge on any atom is -0.496 e. The topological polar surface area (TPSA) is 116 Å². The van der Waals surface area contributed by atoms with Crippen molar-refractivity contribution in [1.29, 1.82) is 0 Å². The summed E-state index contributed by atoms with van der Waals surface area (Å²) >= 11 is 0. The molecule has 0 aliphatic carbocycles. The normalized spacial score (nSPS) is 16.3. The Kier molecular flexibility index (Phi) is 13.5. The summed E-state index contributed by atoms with van der Waals surface area (Å²) in [4.78, 5) is 25.6. The molecule has 3 aromatic rings. The summed E-state index contributed by atoms with van der Waals surface area (Å²) in [5.41, 5.74) is 3.60. The lowest BCUT2D eigenvalue weighted by Gasteiger charge is -2.37. The van der Waals surface area contributed by atoms with Crippen LogP contribution < -0.4 is 14.8 Å². The maximum atomic E-state index is 12.4. The molecule has 4 rings (SSSR count). The quantitative estimate of drug-likeness (QED) is 0.174. The Balaban J connectivity index is 1.30. The molecule has 2 unspecified atom stereocenters. The summed E-state index contributed by atoms with van der Waals surface area (Å²) in [7, 11) is 3.26. The van der Waals surface area contributed by atoms with Gasteiger partial charge in [0.05, 0.1) is 46.2 Å². The molecule has 1 fully saturated rings. The van der Waals surface area contributed by atoms with Gasteiger partial charge in [-0.3, -0.25) is 4.79 Å². The number of nitrogens with zero attached hydrogens (tertiary/aromatic N) is 1. The van der Waals surface area contributed by atoms with Crippen molar-refractivity contribution >= 4 is 17.7 Å². The van der Waals surface area contributed by atoms with E-state index in [2.05, 4.69) is 5.32 Å². The van der Waals surface area contributed by atoms with Gasteiger partial charge in [-0.25, -0.2) is 4.79 Å². The van der Waals surface area contributed by atoms with Gasteiger partial charge in [0.25, 0.3) is 0 Å². The summed E-state index contributed by atoms with van der Waals surface area (Å²) in [6.45, 7) is 3.03. The Hall–Kier alpha value is -4.12. The van der Waals surface area contributed by atoms with E-state index in [0.29, 0.717) is 57.9 Å². The Morgan fingerprint density at radius 2 is 1.64 bits per heavy atom. The van der Waals surface area contributed by atoms with Crippen LogP contribution in [0.2, 0.25) is 0 Å². The number of piperidine rings is 1. The molecule has 0 aromatic heterocycles. The molecule has 0 radical (unpaired) electrons. The van der Waals surface area contributed by atoms with Crippen molar-refractivity contribution in [2.75, 3.05) is 52.4 Å². The highest BCUT2D eigenvalue weighted by Crippen LogP contribution is 2.33. The molecular weight excluding hydrogens is 576 g/mol. The molecule has 3 aromatic carbocycles. The Morgan fingerprint density at radius 3 is 2.40 bits per heavy atom. The summed E-state index contributed by atoms with van der Waals surface area (Å²) in [6.07, 6.45) is 1.07. The number of ether oxygens (including phenoxy) is 5. The van der Waals surface area contributed by atoms with Gasteiger partial charge < -0.3 is 39.0 Å². The van der Waals surface area contributed by atoms with Crippen LogP contribution in [0.4, 0.5) is 10.5 Å². The van der Waals surface area contributed by atoms with Crippen LogP contribution in [-0.2, 0) is 32.2 Å². The molecule has 2 amide bonds. The number of para-hydroxylation sites is 2. The number of methoxy groups -OCH3 is 2. The van der Waals surface area contributed by atoms with Gasteiger partial charge in [-0.05, 0) is 42.7 Å². The molecule has 10 heteroatoms. The Morgan fingerprint density at radius 1 is 0.889 bits per heavy atom. The van der Waals surface area contributed by atoms with E-state index < -0.39 is 6.09 Å². The van der Waals surface area contributed by atoms with Gasteiger partial charge in [0.2, 0.25) is 5.91 Å². The number of carbonyl (C=O) groups is 2. The maximum absolute atomic E-state index is 12.4. The van der Waals surface area contributed by atoms with Crippen LogP contribution in [0.15, 0.2) is 72.8 Å². The van der Waals surface area contributed by atoms with Crippen LogP contribution in [0.25, 0.3) is 0 Å². The molecular formula is C35H44N2O8. The Labute approximate surface area is 265 Å². The van der Waals surface area contributed by atoms with E-state index in [0.717, 1.165) is 34.6 Å². The van der Waals surface area contributed by atoms with E-state index in [9.17, 15) is 14.7 Å². The third kappa shape index (κ3) is 10.5. The third-order valence-electron chi connectivity index (χ3n) is 7.79. The number of carbonyl (C=O) groups excluding carboxylic acids is 1. The number of nitrogens with one attached hydrogen (secondary N) is 1. The van der Waals surface area contributed by atoms with Crippen molar-refractivity contribution < 1.29 is 38.4 Å². The van der Waals surface area contributed by atoms with Gasteiger partial charge in [-0.15, -0.1) is 0 Å². The molecule has 1 aliphatic rings. The van der Waals surface area contributed by atoms with Crippen molar-refractivity contribution in [1.82, 2.24) is 4.90 Å². The second kappa shape index (κ2) is 18.0. The first-order valence-corrected chi connectivity index (χ1v) is 15.4. The van der Waals surface area contributed by atoms with E-state index in [-0.39, 0.29) is 31.1 Å². The predicted octanol–water partition coefficient (Wildman–Crippen LogP) is 6.10. The molecule has 1 saturated heterocycles. The molecule has 2 N–H and O–H groups in total. The van der Waals surface area contributed by atoms with Gasteiger partial charge in [0, 0.05) is 55.8 Å². The predicted molar refractivity (Wildman–Crippen MR) is 171 cm³/mol. The van der Waals surface area contributed by atoms with E-state index >= 15 is 0 Å². The molecule has 10 nitrogen and oxygen atoms in total. The van der Waals surface area contributed by atoms with Crippen LogP contribution >= 0.6 is 0 Å². The molecule has 45 heavy (non-hydrogen) atoms. The van der Waals surface area contributed by atoms with Gasteiger partial charge in [0.15, 0.2) is 0 Å². The number of hydrogen-bond donors (Lipinski definition) is 2. The number of carboxylic acid groups (broad SMARTS) is 1. The fraction of sp³-hybridized carbons (Fsp3) is 0.429. The fourth-order valence-electron chi connectivity index (χ4n) is 5.36. The first-order valence-electron chi connectivity index (χ1n) is 15.4. The van der Waals surface area contributed by atoms with Gasteiger partial charge >= 0.3 is 6.09 Å². The zero-order chi connectivity index (χ0) is 31.9. The fourth-order valence-corrected chi connectivity index (χ4v) is 5.36. The SMILES string of the molecule is COCCCC(=O)Nc1ccccc1COC1CN(C(=O)O)CCC1c1ccc(OCCCOCc2ccccc2OC)cc1. The average molecular weight is 621 g/mol. The first kappa shape index (κ1) is 33.8. The number of rotatable bonds is 17. The maximum Gasteiger partial charge on any atom is 0.407 e. The second-order valence-electron chi connectivity index (χ2n) is 10.9. The highest BCUT2D eigenvalue weighted by molar-refractivity contribution is 5.91. The average Bonchev–Trinajstić information content (AvgIpc) is 3.06. The summed E-state index contributed by atoms with van der Waals surface area (Å²) in [6, 6.07) is 23.3. The zero-order valence-corrected chi connectivity index (χ0v) is 26.1. The number of likely N-dealkylation sites (tertiary alicyclic amines) is 1. The van der Waals surface area contributed by atoms with Crippen molar-refractivity contribution in [3.8, 4) is 11.5 Å². The van der Waals surface area contributed by atoms with Crippen molar-refractivity contribution in [2.24, 2.45) is 0 Å². The largest absolute Gasteiger partial charge is 0.496 e. The highest BCUT2D eigenvalue weighted by atomic mass is 16.5. The van der Waals surface area contributed by atoms with E-state index in [4.69, 9.17) is 23.7 Å². The van der Waals surface area contributed by atoms with Crippen molar-refractivity contribution in [3.05, 3.63) is 89.5 Å². The summed E-state index contributed by atoms with van der Waals surface area (Å²) in [5, 5.41) is 12.6. The van der Waals surface area contributed by atoms with E-state index in [1.165, 1.54) is 4.90 Å². The molecule has 1 aliphatic heterocycles. The van der Waals surface area contributed by atoms with Crippen LogP contribution in [0.1, 0.15) is 48.3 Å². The van der Waals surface area contributed by atoms with Crippen LogP contribution in [0.5, 0.6) is 11.5 Å². The minimum atomic E-state index is -0.957. The van der Waals surface area contributed by atoms with Crippen molar-refractivity contribution in [3.63, 3.8) is 0 Å². The van der Waals surface area contributed by atoms with Crippen LogP contribution in [0, 0.1) is 0 Å². The first-order chi connectivity index (χ1) is 22.0. The van der Waals surface area contributed by atoms with Crippen LogP contribution in [-0.4, -0.2) is 75.2 Å². The molecule has 0 saturated carbocycles. The lowest BCUT2D eigenvalue weighted by Crippen LogP contribution is -2.46. The number of benzene rings is 3. The molecule has 242 valence electrons. The number of amides is 2. The Bertz CT molecular complexity index is 1350. The monoisotopic (exact) mass is 620 g/mol. The van der Waals surface area contributed by atoms with Gasteiger partial charge in [0.1, 0.15) is 11.5 Å². The van der Waals surface area contributed by atoms with Gasteiger partial charge in [-0.1, -0.05) is 48.5 Å². The van der Waals surface area contributed by atoms with Crippen molar-refractivity contribution in [2.45, 2.75) is 50.9 Å². The third-order valence-corrected chi connectivity index (χ3v) is 7.79. The lowest BCUT2D eigenvalue weighted by atomic mass is 9.87. The van der Waals surface area contributed by atoms with E-state index in [1.807, 2.05) is 72.8 Å². The lowest BCUT2D eigenvalue weighted by molar-refractivity contribution is -0.116. The van der Waals surface area contributed by atoms with Crippen LogP contribution in [0.3, 0.4) is 0 Å². The molecule has 2 atom stereocenters. The second-order valence-corrected chi connectivity index (χ2v) is 10.9. The van der Waals surface area contributed by atoms with Gasteiger partial charge in [-0.2, -0.15) is 0 Å². The minimum absolute atomic E-state index is 0.00817. The number of hydrogen-bond acceptors (Lipinski definition) is 7. The molecule has 0 spiro atoms. The number of anilines is 1. The highest BCUT2D eigenvalue weighted by Gasteiger charge is 2.33. The zero-order valence-electron chi connectivity index (χ0n) is 26.1. The summed E-state index contributed by atoms with van der Waals surface area (Å²) in [5.74, 6) is 1.50. The molecule has 1 heterocycles.